The zero-order chi connectivity index (χ0) is 19.6. The van der Waals surface area contributed by atoms with E-state index < -0.39 is 0 Å². The highest BCUT2D eigenvalue weighted by molar-refractivity contribution is 7.14. The second-order valence-corrected chi connectivity index (χ2v) is 6.83. The van der Waals surface area contributed by atoms with Gasteiger partial charge >= 0.3 is 0 Å². The summed E-state index contributed by atoms with van der Waals surface area (Å²) in [6.07, 6.45) is 6.44. The van der Waals surface area contributed by atoms with E-state index in [1.807, 2.05) is 29.6 Å². The smallest absolute Gasteiger partial charge is 0.277 e. The average molecular weight is 400 g/mol. The van der Waals surface area contributed by atoms with Gasteiger partial charge in [-0.25, -0.2) is 15.0 Å². The van der Waals surface area contributed by atoms with E-state index in [1.54, 1.807) is 30.7 Å². The van der Waals surface area contributed by atoms with E-state index in [-0.39, 0.29) is 11.6 Å². The second-order valence-electron chi connectivity index (χ2n) is 5.98. The van der Waals surface area contributed by atoms with Crippen LogP contribution >= 0.6 is 11.3 Å². The van der Waals surface area contributed by atoms with E-state index in [0.29, 0.717) is 22.3 Å². The van der Waals surface area contributed by atoms with Gasteiger partial charge in [-0.1, -0.05) is 17.3 Å². The number of nitrogens with zero attached hydrogens (tertiary/aromatic N) is 7. The Morgan fingerprint density at radius 2 is 1.97 bits per heavy atom. The molecule has 29 heavy (non-hydrogen) atoms. The van der Waals surface area contributed by atoms with Gasteiger partial charge in [-0.2, -0.15) is 4.68 Å². The Bertz CT molecular complexity index is 1310. The van der Waals surface area contributed by atoms with Gasteiger partial charge in [0.25, 0.3) is 5.91 Å². The van der Waals surface area contributed by atoms with Crippen molar-refractivity contribution in [2.24, 2.45) is 0 Å². The summed E-state index contributed by atoms with van der Waals surface area (Å²) in [5.41, 5.74) is 2.43. The van der Waals surface area contributed by atoms with Crippen molar-refractivity contribution in [3.05, 3.63) is 72.3 Å². The highest BCUT2D eigenvalue weighted by Crippen LogP contribution is 2.25. The number of carbonyl (C=O) groups excluding carboxylic acids is 1. The lowest BCUT2D eigenvalue weighted by molar-refractivity contribution is 0.101. The van der Waals surface area contributed by atoms with E-state index in [0.717, 1.165) is 10.9 Å². The van der Waals surface area contributed by atoms with Crippen LogP contribution in [0.5, 0.6) is 0 Å². The van der Waals surface area contributed by atoms with Crippen LogP contribution in [0.2, 0.25) is 0 Å². The van der Waals surface area contributed by atoms with E-state index in [9.17, 15) is 4.79 Å². The Balaban J connectivity index is 1.39. The summed E-state index contributed by atoms with van der Waals surface area (Å²) in [6.45, 7) is 0. The van der Waals surface area contributed by atoms with Crippen molar-refractivity contribution >= 4 is 33.3 Å². The highest BCUT2D eigenvalue weighted by Gasteiger charge is 2.17. The van der Waals surface area contributed by atoms with E-state index in [1.165, 1.54) is 22.2 Å². The van der Waals surface area contributed by atoms with Gasteiger partial charge in [-0.15, -0.1) is 16.4 Å². The molecule has 10 heteroatoms. The molecule has 140 valence electrons. The third kappa shape index (κ3) is 3.32. The first-order chi connectivity index (χ1) is 14.3. The Kier molecular flexibility index (Phi) is 4.22. The molecule has 9 nitrogen and oxygen atoms in total. The maximum atomic E-state index is 12.7. The number of nitrogens with one attached hydrogen (secondary N) is 1. The molecule has 5 aromatic rings. The molecule has 1 amide bonds. The molecule has 0 spiro atoms. The van der Waals surface area contributed by atoms with Crippen LogP contribution < -0.4 is 5.32 Å². The Morgan fingerprint density at radius 3 is 2.86 bits per heavy atom. The van der Waals surface area contributed by atoms with E-state index >= 15 is 0 Å². The lowest BCUT2D eigenvalue weighted by atomic mass is 10.2. The maximum absolute atomic E-state index is 12.7. The standard InChI is InChI=1S/C19H12N8OS/c28-18(16-10-22-26-27(16)17-3-1-2-7-21-17)25-19-24-15(11-29-19)13-5-4-12-6-8-20-9-14(12)23-13/h1-11H,(H,24,25,28). The van der Waals surface area contributed by atoms with Gasteiger partial charge in [-0.05, 0) is 24.3 Å². The second kappa shape index (κ2) is 7.17. The number of carbonyl (C=O) groups is 1. The first-order valence-electron chi connectivity index (χ1n) is 8.58. The van der Waals surface area contributed by atoms with Gasteiger partial charge in [0.1, 0.15) is 5.69 Å². The number of anilines is 1. The maximum Gasteiger partial charge on any atom is 0.277 e. The quantitative estimate of drug-likeness (QED) is 0.493. The predicted octanol–water partition coefficient (Wildman–Crippen LogP) is 2.98. The van der Waals surface area contributed by atoms with Gasteiger partial charge < -0.3 is 0 Å². The molecule has 0 saturated carbocycles. The molecule has 0 atom stereocenters. The molecule has 0 aromatic carbocycles. The molecular weight excluding hydrogens is 388 g/mol. The molecule has 1 N–H and O–H groups in total. The zero-order valence-corrected chi connectivity index (χ0v) is 15.6. The molecule has 0 aliphatic heterocycles. The minimum atomic E-state index is -0.378. The molecule has 5 aromatic heterocycles. The summed E-state index contributed by atoms with van der Waals surface area (Å²) in [4.78, 5) is 30.0. The fraction of sp³-hybridized carbons (Fsp3) is 0. The Morgan fingerprint density at radius 1 is 1.00 bits per heavy atom. The normalized spacial score (nSPS) is 10.9. The van der Waals surface area contributed by atoms with Crippen LogP contribution in [-0.2, 0) is 0 Å². The van der Waals surface area contributed by atoms with E-state index in [4.69, 9.17) is 0 Å². The van der Waals surface area contributed by atoms with Crippen molar-refractivity contribution in [3.63, 3.8) is 0 Å². The third-order valence-electron chi connectivity index (χ3n) is 4.13. The summed E-state index contributed by atoms with van der Waals surface area (Å²) in [5.74, 6) is 0.126. The molecule has 5 heterocycles. The number of amides is 1. The van der Waals surface area contributed by atoms with Crippen LogP contribution in [0.1, 0.15) is 10.5 Å². The lowest BCUT2D eigenvalue weighted by Gasteiger charge is -2.04. The molecule has 0 bridgehead atoms. The van der Waals surface area contributed by atoms with Crippen LogP contribution in [0.3, 0.4) is 0 Å². The number of thiazole rings is 1. The SMILES string of the molecule is O=C(Nc1nc(-c2ccc3ccncc3n2)cs1)c1cnnn1-c1ccccn1. The number of hydrogen-bond donors (Lipinski definition) is 1. The van der Waals surface area contributed by atoms with Gasteiger partial charge in [0.15, 0.2) is 16.6 Å². The summed E-state index contributed by atoms with van der Waals surface area (Å²) < 4.78 is 1.38. The van der Waals surface area contributed by atoms with Crippen LogP contribution in [0.25, 0.3) is 28.1 Å². The Labute approximate surface area is 168 Å². The predicted molar refractivity (Wildman–Crippen MR) is 108 cm³/mol. The zero-order valence-electron chi connectivity index (χ0n) is 14.8. The van der Waals surface area contributed by atoms with Crippen LogP contribution in [0.4, 0.5) is 5.13 Å². The number of pyridine rings is 3. The molecule has 0 radical (unpaired) electrons. The molecule has 0 fully saturated rings. The van der Waals surface area contributed by atoms with Crippen molar-refractivity contribution < 1.29 is 4.79 Å². The molecule has 0 unspecified atom stereocenters. The number of fused-ring (bicyclic) bond motifs is 1. The van der Waals surface area contributed by atoms with Crippen molar-refractivity contribution in [2.75, 3.05) is 5.32 Å². The van der Waals surface area contributed by atoms with Crippen molar-refractivity contribution in [2.45, 2.75) is 0 Å². The van der Waals surface area contributed by atoms with Gasteiger partial charge in [-0.3, -0.25) is 15.1 Å². The summed E-state index contributed by atoms with van der Waals surface area (Å²) in [5, 5.41) is 13.8. The van der Waals surface area contributed by atoms with Crippen molar-refractivity contribution in [3.8, 4) is 17.2 Å². The molecular formula is C19H12N8OS. The highest BCUT2D eigenvalue weighted by atomic mass is 32.1. The molecule has 5 rings (SSSR count). The molecule has 0 aliphatic rings. The third-order valence-corrected chi connectivity index (χ3v) is 4.89. The molecule has 0 saturated heterocycles. The minimum absolute atomic E-state index is 0.260. The lowest BCUT2D eigenvalue weighted by Crippen LogP contribution is -2.17. The van der Waals surface area contributed by atoms with Gasteiger partial charge in [0.05, 0.1) is 23.6 Å². The van der Waals surface area contributed by atoms with Crippen LogP contribution in [0.15, 0.2) is 66.6 Å². The summed E-state index contributed by atoms with van der Waals surface area (Å²) >= 11 is 1.31. The summed E-state index contributed by atoms with van der Waals surface area (Å²) in [7, 11) is 0. The topological polar surface area (TPSA) is 111 Å². The fourth-order valence-electron chi connectivity index (χ4n) is 2.76. The minimum Gasteiger partial charge on any atom is -0.296 e. The van der Waals surface area contributed by atoms with Crippen LogP contribution in [0, 0.1) is 0 Å². The van der Waals surface area contributed by atoms with Crippen molar-refractivity contribution in [1.29, 1.82) is 0 Å². The Hall–Kier alpha value is -4.05. The average Bonchev–Trinajstić information content (AvgIpc) is 3.44. The van der Waals surface area contributed by atoms with Gasteiger partial charge in [0, 0.05) is 23.2 Å². The van der Waals surface area contributed by atoms with Crippen molar-refractivity contribution in [1.82, 2.24) is 34.9 Å². The van der Waals surface area contributed by atoms with Crippen LogP contribution in [-0.4, -0.2) is 40.8 Å². The fourth-order valence-corrected chi connectivity index (χ4v) is 3.46. The first kappa shape index (κ1) is 17.1. The number of rotatable bonds is 4. The number of hydrogen-bond acceptors (Lipinski definition) is 8. The monoisotopic (exact) mass is 400 g/mol. The summed E-state index contributed by atoms with van der Waals surface area (Å²) in [6, 6.07) is 11.1. The molecule has 0 aliphatic carbocycles. The largest absolute Gasteiger partial charge is 0.296 e. The van der Waals surface area contributed by atoms with E-state index in [2.05, 4.69) is 35.6 Å². The first-order valence-corrected chi connectivity index (χ1v) is 9.46. The van der Waals surface area contributed by atoms with Gasteiger partial charge in [0.2, 0.25) is 0 Å². The number of aromatic nitrogens is 7.